The molecular formula is C41H60N6O10. The third kappa shape index (κ3) is 17.3. The lowest BCUT2D eigenvalue weighted by atomic mass is 10.0. The maximum Gasteiger partial charge on any atom is 0.407 e. The Morgan fingerprint density at radius 3 is 2.18 bits per heavy atom. The lowest BCUT2D eigenvalue weighted by molar-refractivity contribution is -0.143. The number of carboxylic acid groups (broad SMARTS) is 1. The van der Waals surface area contributed by atoms with Crippen molar-refractivity contribution in [2.45, 2.75) is 115 Å². The molecule has 0 aromatic heterocycles. The maximum absolute atomic E-state index is 13.9. The molecule has 0 radical (unpaired) electrons. The van der Waals surface area contributed by atoms with Crippen LogP contribution in [0.25, 0.3) is 11.1 Å². The number of unbranched alkanes of at least 4 members (excludes halogenated alkanes) is 2. The molecular weight excluding hydrogens is 736 g/mol. The molecule has 1 heterocycles. The van der Waals surface area contributed by atoms with Crippen molar-refractivity contribution in [3.8, 4) is 11.1 Å². The van der Waals surface area contributed by atoms with Crippen LogP contribution in [0.4, 0.5) is 4.79 Å². The van der Waals surface area contributed by atoms with Gasteiger partial charge in [-0.2, -0.15) is 0 Å². The van der Waals surface area contributed by atoms with Gasteiger partial charge in [0.05, 0.1) is 6.61 Å². The van der Waals surface area contributed by atoms with Gasteiger partial charge in [0.2, 0.25) is 11.8 Å². The fraction of sp³-hybridized carbons (Fsp3) is 0.561. The predicted molar refractivity (Wildman–Crippen MR) is 213 cm³/mol. The predicted octanol–water partition coefficient (Wildman–Crippen LogP) is 3.16. The van der Waals surface area contributed by atoms with E-state index in [4.69, 9.17) is 19.9 Å². The van der Waals surface area contributed by atoms with Gasteiger partial charge in [0, 0.05) is 38.3 Å². The second-order valence-electron chi connectivity index (χ2n) is 15.0. The zero-order valence-electron chi connectivity index (χ0n) is 33.5. The number of hydrogen-bond donors (Lipinski definition) is 7. The number of hydrogen-bond acceptors (Lipinski definition) is 10. The van der Waals surface area contributed by atoms with E-state index in [1.165, 1.54) is 5.56 Å². The van der Waals surface area contributed by atoms with E-state index in [2.05, 4.69) is 45.6 Å². The summed E-state index contributed by atoms with van der Waals surface area (Å²) in [5, 5.41) is 22.2. The van der Waals surface area contributed by atoms with E-state index in [0.29, 0.717) is 37.9 Å². The fourth-order valence-electron chi connectivity index (χ4n) is 5.75. The molecule has 57 heavy (non-hydrogen) atoms. The first kappa shape index (κ1) is 46.3. The van der Waals surface area contributed by atoms with Crippen molar-refractivity contribution in [2.24, 2.45) is 5.73 Å². The number of carboxylic acids is 1. The molecule has 1 aliphatic heterocycles. The van der Waals surface area contributed by atoms with E-state index in [1.807, 2.05) is 24.3 Å². The van der Waals surface area contributed by atoms with Crippen LogP contribution in [0.3, 0.4) is 0 Å². The Labute approximate surface area is 334 Å². The van der Waals surface area contributed by atoms with E-state index in [1.54, 1.807) is 32.9 Å². The van der Waals surface area contributed by atoms with E-state index < -0.39 is 65.6 Å². The van der Waals surface area contributed by atoms with Crippen LogP contribution < -0.4 is 32.3 Å². The van der Waals surface area contributed by atoms with Gasteiger partial charge in [0.25, 0.3) is 11.8 Å². The Kier molecular flexibility index (Phi) is 19.4. The number of carbonyl (C=O) groups is 6. The first-order valence-electron chi connectivity index (χ1n) is 19.7. The zero-order chi connectivity index (χ0) is 41.8. The molecule has 16 heteroatoms. The van der Waals surface area contributed by atoms with Crippen LogP contribution in [0, 0.1) is 0 Å². The molecule has 0 aliphatic carbocycles. The summed E-state index contributed by atoms with van der Waals surface area (Å²) in [5.74, 6) is -4.31. The number of aliphatic carboxylic acids is 1. The zero-order valence-corrected chi connectivity index (χ0v) is 33.5. The molecule has 16 nitrogen and oxygen atoms in total. The summed E-state index contributed by atoms with van der Waals surface area (Å²) in [6, 6.07) is 11.6. The van der Waals surface area contributed by atoms with Gasteiger partial charge < -0.3 is 51.6 Å². The highest BCUT2D eigenvalue weighted by molar-refractivity contribution is 5.99. The Morgan fingerprint density at radius 1 is 0.895 bits per heavy atom. The molecule has 0 spiro atoms. The van der Waals surface area contributed by atoms with Crippen LogP contribution >= 0.6 is 0 Å². The largest absolute Gasteiger partial charge is 0.480 e. The van der Waals surface area contributed by atoms with Gasteiger partial charge in [0.1, 0.15) is 23.7 Å². The highest BCUT2D eigenvalue weighted by atomic mass is 16.6. The Morgan fingerprint density at radius 2 is 1.54 bits per heavy atom. The summed E-state index contributed by atoms with van der Waals surface area (Å²) in [5.41, 5.74) is 8.75. The summed E-state index contributed by atoms with van der Waals surface area (Å²) in [7, 11) is 0. The van der Waals surface area contributed by atoms with E-state index in [-0.39, 0.29) is 39.2 Å². The van der Waals surface area contributed by atoms with E-state index >= 15 is 0 Å². The number of carbonyl (C=O) groups excluding carboxylic acids is 5. The molecule has 0 saturated carbocycles. The fourth-order valence-corrected chi connectivity index (χ4v) is 5.75. The van der Waals surface area contributed by atoms with Crippen molar-refractivity contribution in [1.82, 2.24) is 26.6 Å². The van der Waals surface area contributed by atoms with Gasteiger partial charge in [-0.25, -0.2) is 9.59 Å². The van der Waals surface area contributed by atoms with Crippen LogP contribution in [0.5, 0.6) is 0 Å². The smallest absolute Gasteiger partial charge is 0.407 e. The van der Waals surface area contributed by atoms with Crippen molar-refractivity contribution in [2.75, 3.05) is 33.0 Å². The average molecular weight is 797 g/mol. The minimum atomic E-state index is -1.65. The first-order valence-corrected chi connectivity index (χ1v) is 19.7. The summed E-state index contributed by atoms with van der Waals surface area (Å²) in [6.07, 6.45) is 3.13. The van der Waals surface area contributed by atoms with Crippen LogP contribution in [0.15, 0.2) is 48.5 Å². The van der Waals surface area contributed by atoms with Crippen LogP contribution in [0.1, 0.15) is 95.0 Å². The SMILES string of the molecule is CCCCc1ccc(-c2ccc(C(=O)N[C@@H](CCCCNC(=O)OC(C)(C)C)C(=O)N[C@H]3COCCCCOCC[C@@H](C(=O)O)NC(=O)[C@H](N)NC3=O)cc2)cc1. The van der Waals surface area contributed by atoms with Crippen molar-refractivity contribution in [3.63, 3.8) is 0 Å². The minimum absolute atomic E-state index is 0.0157. The van der Waals surface area contributed by atoms with Crippen molar-refractivity contribution in [1.29, 1.82) is 0 Å². The Balaban J connectivity index is 1.75. The Hall–Kier alpha value is -5.06. The lowest BCUT2D eigenvalue weighted by Crippen LogP contribution is -2.61. The highest BCUT2D eigenvalue weighted by Gasteiger charge is 2.30. The van der Waals surface area contributed by atoms with E-state index in [9.17, 15) is 33.9 Å². The first-order chi connectivity index (χ1) is 27.2. The number of benzene rings is 2. The van der Waals surface area contributed by atoms with Crippen LogP contribution in [-0.2, 0) is 39.8 Å². The molecule has 3 rings (SSSR count). The van der Waals surface area contributed by atoms with Gasteiger partial charge >= 0.3 is 12.1 Å². The summed E-state index contributed by atoms with van der Waals surface area (Å²) in [6.45, 7) is 8.02. The van der Waals surface area contributed by atoms with Gasteiger partial charge in [0.15, 0.2) is 6.17 Å². The number of alkyl carbamates (subject to hydrolysis) is 1. The van der Waals surface area contributed by atoms with Gasteiger partial charge in [-0.3, -0.25) is 19.2 Å². The number of nitrogens with one attached hydrogen (secondary N) is 5. The third-order valence-corrected chi connectivity index (χ3v) is 8.95. The van der Waals surface area contributed by atoms with Crippen molar-refractivity contribution in [3.05, 3.63) is 59.7 Å². The number of ether oxygens (including phenoxy) is 3. The van der Waals surface area contributed by atoms with Gasteiger partial charge in [-0.15, -0.1) is 0 Å². The second kappa shape index (κ2) is 23.9. The molecule has 0 bridgehead atoms. The van der Waals surface area contributed by atoms with Crippen molar-refractivity contribution < 1.29 is 48.1 Å². The maximum atomic E-state index is 13.9. The molecule has 1 fully saturated rings. The number of nitrogens with two attached hydrogens (primary N) is 1. The molecule has 2 aromatic rings. The molecule has 314 valence electrons. The topological polar surface area (TPSA) is 237 Å². The average Bonchev–Trinajstić information content (AvgIpc) is 3.16. The molecule has 1 saturated heterocycles. The third-order valence-electron chi connectivity index (χ3n) is 8.95. The minimum Gasteiger partial charge on any atom is -0.480 e. The number of rotatable bonds is 14. The van der Waals surface area contributed by atoms with E-state index in [0.717, 1.165) is 30.4 Å². The molecule has 8 N–H and O–H groups in total. The number of aryl methyl sites for hydroxylation is 1. The normalized spacial score (nSPS) is 19.3. The second-order valence-corrected chi connectivity index (χ2v) is 15.0. The van der Waals surface area contributed by atoms with Crippen LogP contribution in [0.2, 0.25) is 0 Å². The Bertz CT molecular complexity index is 1610. The molecule has 0 unspecified atom stereocenters. The molecule has 1 aliphatic rings. The van der Waals surface area contributed by atoms with Gasteiger partial charge in [-0.05, 0) is 94.5 Å². The number of amides is 5. The monoisotopic (exact) mass is 796 g/mol. The standard InChI is InChI=1S/C41H60N6O10/c1-5-6-11-27-13-15-28(16-14-27)29-17-19-30(20-18-29)35(48)44-31(12-7-8-22-43-40(54)57-41(2,3)4)36(49)46-33-26-56-24-10-9-23-55-25-21-32(39(52)53)45-38(51)34(42)47-37(33)50/h13-20,31-34H,5-12,21-26,42H2,1-4H3,(H,43,54)(H,44,48)(H,45,51)(H,46,49)(H,47,50)(H,52,53)/t31-,32-,33-,34+/m0/s1. The summed E-state index contributed by atoms with van der Waals surface area (Å²) in [4.78, 5) is 77.4. The molecule has 5 amide bonds. The molecule has 4 atom stereocenters. The molecule has 2 aromatic carbocycles. The van der Waals surface area contributed by atoms with Crippen molar-refractivity contribution >= 4 is 35.7 Å². The quantitative estimate of drug-likeness (QED) is 0.137. The van der Waals surface area contributed by atoms with Crippen LogP contribution in [-0.4, -0.2) is 104 Å². The summed E-state index contributed by atoms with van der Waals surface area (Å²) >= 11 is 0. The lowest BCUT2D eigenvalue weighted by Gasteiger charge is -2.25. The summed E-state index contributed by atoms with van der Waals surface area (Å²) < 4.78 is 16.5. The van der Waals surface area contributed by atoms with Gasteiger partial charge in [-0.1, -0.05) is 49.7 Å². The highest BCUT2D eigenvalue weighted by Crippen LogP contribution is 2.21.